The highest BCUT2D eigenvalue weighted by Gasteiger charge is 2.29. The van der Waals surface area contributed by atoms with Crippen LogP contribution in [-0.4, -0.2) is 58.9 Å². The van der Waals surface area contributed by atoms with Crippen LogP contribution in [-0.2, 0) is 13.6 Å². The van der Waals surface area contributed by atoms with Gasteiger partial charge in [-0.2, -0.15) is 5.10 Å². The fourth-order valence-electron chi connectivity index (χ4n) is 4.67. The largest absolute Gasteiger partial charge is 0.496 e. The molecule has 1 saturated heterocycles. The summed E-state index contributed by atoms with van der Waals surface area (Å²) in [6.45, 7) is 9.54. The topological polar surface area (TPSA) is 59.3 Å². The van der Waals surface area contributed by atoms with Crippen LogP contribution in [0.3, 0.4) is 0 Å². The van der Waals surface area contributed by atoms with E-state index in [0.29, 0.717) is 5.92 Å². The minimum Gasteiger partial charge on any atom is -0.496 e. The summed E-state index contributed by atoms with van der Waals surface area (Å²) in [7, 11) is 7.66. The number of methoxy groups -OCH3 is 1. The van der Waals surface area contributed by atoms with Crippen LogP contribution in [0, 0.1) is 20.8 Å². The molecule has 7 heteroatoms. The number of nitrogens with zero attached hydrogens (tertiary/aromatic N) is 6. The van der Waals surface area contributed by atoms with E-state index in [0.717, 1.165) is 54.6 Å². The molecular weight excluding hydrogens is 400 g/mol. The number of aryl methyl sites for hydroxylation is 2. The second-order valence-electron chi connectivity index (χ2n) is 9.11. The van der Waals surface area contributed by atoms with E-state index in [1.807, 2.05) is 49.3 Å². The van der Waals surface area contributed by atoms with Crippen LogP contribution in [0.25, 0.3) is 11.1 Å². The predicted octanol–water partition coefficient (Wildman–Crippen LogP) is 3.87. The van der Waals surface area contributed by atoms with Crippen molar-refractivity contribution in [2.45, 2.75) is 39.7 Å². The van der Waals surface area contributed by atoms with Crippen LogP contribution in [0.4, 0.5) is 5.95 Å². The Morgan fingerprint density at radius 1 is 1.16 bits per heavy atom. The molecule has 3 aromatic rings. The van der Waals surface area contributed by atoms with Crippen molar-refractivity contribution in [2.24, 2.45) is 7.05 Å². The quantitative estimate of drug-likeness (QED) is 0.587. The van der Waals surface area contributed by atoms with E-state index >= 15 is 0 Å². The SMILES string of the molecule is COc1cc(C)c(CN2CCC(c3nc(N(C)C)ncc3-c3cnn(C)c3)C2)c(C)c1C. The monoisotopic (exact) mass is 434 g/mol. The first kappa shape index (κ1) is 22.3. The van der Waals surface area contributed by atoms with E-state index < -0.39 is 0 Å². The van der Waals surface area contributed by atoms with Crippen LogP contribution in [0.5, 0.6) is 5.75 Å². The first-order valence-corrected chi connectivity index (χ1v) is 11.2. The Labute approximate surface area is 191 Å². The van der Waals surface area contributed by atoms with Crippen molar-refractivity contribution in [1.29, 1.82) is 0 Å². The number of likely N-dealkylation sites (tertiary alicyclic amines) is 1. The Bertz CT molecular complexity index is 1120. The standard InChI is InChI=1S/C25H34N6O/c1-16-10-23(32-7)18(3)17(2)22(16)15-31-9-8-19(14-31)24-21(20-11-27-30(6)13-20)12-26-25(28-24)29(4)5/h10-13,19H,8-9,14-15H2,1-7H3. The van der Waals surface area contributed by atoms with E-state index in [1.165, 1.54) is 22.3 Å². The lowest BCUT2D eigenvalue weighted by Gasteiger charge is -2.22. The van der Waals surface area contributed by atoms with Gasteiger partial charge in [0.1, 0.15) is 5.75 Å². The van der Waals surface area contributed by atoms with Gasteiger partial charge in [-0.1, -0.05) is 0 Å². The van der Waals surface area contributed by atoms with Gasteiger partial charge in [-0.05, 0) is 62.1 Å². The van der Waals surface area contributed by atoms with Crippen LogP contribution in [0.2, 0.25) is 0 Å². The summed E-state index contributed by atoms with van der Waals surface area (Å²) >= 11 is 0. The molecule has 170 valence electrons. The van der Waals surface area contributed by atoms with Gasteiger partial charge >= 0.3 is 0 Å². The number of anilines is 1. The lowest BCUT2D eigenvalue weighted by Crippen LogP contribution is -2.22. The second-order valence-corrected chi connectivity index (χ2v) is 9.11. The Kier molecular flexibility index (Phi) is 6.20. The number of aromatic nitrogens is 4. The van der Waals surface area contributed by atoms with Crippen molar-refractivity contribution in [3.63, 3.8) is 0 Å². The van der Waals surface area contributed by atoms with Crippen LogP contribution in [0.1, 0.15) is 40.3 Å². The maximum atomic E-state index is 5.56. The highest BCUT2D eigenvalue weighted by atomic mass is 16.5. The minimum absolute atomic E-state index is 0.367. The fraction of sp³-hybridized carbons (Fsp3) is 0.480. The van der Waals surface area contributed by atoms with Gasteiger partial charge in [-0.15, -0.1) is 0 Å². The van der Waals surface area contributed by atoms with E-state index in [4.69, 9.17) is 9.72 Å². The maximum Gasteiger partial charge on any atom is 0.225 e. The summed E-state index contributed by atoms with van der Waals surface area (Å²) in [6.07, 6.45) is 6.98. The van der Waals surface area contributed by atoms with Gasteiger partial charge < -0.3 is 9.64 Å². The molecule has 4 rings (SSSR count). The Morgan fingerprint density at radius 3 is 2.59 bits per heavy atom. The van der Waals surface area contributed by atoms with Crippen molar-refractivity contribution in [2.75, 3.05) is 39.2 Å². The minimum atomic E-state index is 0.367. The summed E-state index contributed by atoms with van der Waals surface area (Å²) in [5.74, 6) is 2.09. The van der Waals surface area contributed by atoms with E-state index in [1.54, 1.807) is 7.11 Å². The number of ether oxygens (including phenoxy) is 1. The summed E-state index contributed by atoms with van der Waals surface area (Å²) in [6, 6.07) is 2.17. The van der Waals surface area contributed by atoms with Gasteiger partial charge in [0.15, 0.2) is 0 Å². The molecule has 0 radical (unpaired) electrons. The number of hydrogen-bond acceptors (Lipinski definition) is 6. The van der Waals surface area contributed by atoms with Gasteiger partial charge in [0, 0.05) is 63.7 Å². The van der Waals surface area contributed by atoms with Crippen molar-refractivity contribution >= 4 is 5.95 Å². The summed E-state index contributed by atoms with van der Waals surface area (Å²) in [4.78, 5) is 14.1. The van der Waals surface area contributed by atoms with E-state index in [9.17, 15) is 0 Å². The second kappa shape index (κ2) is 8.90. The van der Waals surface area contributed by atoms with Crippen LogP contribution >= 0.6 is 0 Å². The normalized spacial score (nSPS) is 16.5. The van der Waals surface area contributed by atoms with E-state index in [-0.39, 0.29) is 0 Å². The summed E-state index contributed by atoms with van der Waals surface area (Å²) in [5.41, 5.74) is 8.55. The highest BCUT2D eigenvalue weighted by Crippen LogP contribution is 2.35. The van der Waals surface area contributed by atoms with Gasteiger partial charge in [0.25, 0.3) is 0 Å². The van der Waals surface area contributed by atoms with Crippen molar-refractivity contribution in [3.8, 4) is 16.9 Å². The molecule has 3 heterocycles. The molecule has 0 spiro atoms. The Hall–Kier alpha value is -2.93. The van der Waals surface area contributed by atoms with Gasteiger partial charge in [0.2, 0.25) is 5.95 Å². The zero-order valence-electron chi connectivity index (χ0n) is 20.3. The first-order chi connectivity index (χ1) is 15.3. The zero-order valence-corrected chi connectivity index (χ0v) is 20.3. The van der Waals surface area contributed by atoms with E-state index in [2.05, 4.69) is 41.8 Å². The molecule has 0 bridgehead atoms. The highest BCUT2D eigenvalue weighted by molar-refractivity contribution is 5.65. The van der Waals surface area contributed by atoms with Crippen molar-refractivity contribution < 1.29 is 4.74 Å². The molecule has 1 atom stereocenters. The number of hydrogen-bond donors (Lipinski definition) is 0. The van der Waals surface area contributed by atoms with Gasteiger partial charge in [-0.3, -0.25) is 9.58 Å². The lowest BCUT2D eigenvalue weighted by molar-refractivity contribution is 0.324. The van der Waals surface area contributed by atoms with Gasteiger partial charge in [0.05, 0.1) is 19.0 Å². The smallest absolute Gasteiger partial charge is 0.225 e. The third-order valence-corrected chi connectivity index (χ3v) is 6.69. The number of benzene rings is 1. The average molecular weight is 435 g/mol. The number of rotatable bonds is 6. The fourth-order valence-corrected chi connectivity index (χ4v) is 4.67. The van der Waals surface area contributed by atoms with Crippen molar-refractivity contribution in [1.82, 2.24) is 24.6 Å². The molecule has 2 aromatic heterocycles. The molecule has 1 aromatic carbocycles. The zero-order chi connectivity index (χ0) is 23.0. The molecule has 0 aliphatic carbocycles. The predicted molar refractivity (Wildman–Crippen MR) is 128 cm³/mol. The third kappa shape index (κ3) is 4.21. The Balaban J connectivity index is 1.61. The first-order valence-electron chi connectivity index (χ1n) is 11.2. The van der Waals surface area contributed by atoms with Gasteiger partial charge in [-0.25, -0.2) is 9.97 Å². The molecule has 0 N–H and O–H groups in total. The molecular formula is C25H34N6O. The van der Waals surface area contributed by atoms with Crippen LogP contribution < -0.4 is 9.64 Å². The molecule has 7 nitrogen and oxygen atoms in total. The van der Waals surface area contributed by atoms with Crippen molar-refractivity contribution in [3.05, 3.63) is 52.6 Å². The Morgan fingerprint density at radius 2 is 1.94 bits per heavy atom. The molecule has 1 fully saturated rings. The molecule has 32 heavy (non-hydrogen) atoms. The molecule has 1 unspecified atom stereocenters. The molecule has 0 amide bonds. The average Bonchev–Trinajstić information content (AvgIpc) is 3.42. The van der Waals surface area contributed by atoms with Crippen LogP contribution in [0.15, 0.2) is 24.7 Å². The molecule has 0 saturated carbocycles. The molecule has 1 aliphatic heterocycles. The lowest BCUT2D eigenvalue weighted by atomic mass is 9.96. The third-order valence-electron chi connectivity index (χ3n) is 6.69. The summed E-state index contributed by atoms with van der Waals surface area (Å²) in [5, 5.41) is 4.36. The maximum absolute atomic E-state index is 5.56. The molecule has 1 aliphatic rings. The summed E-state index contributed by atoms with van der Waals surface area (Å²) < 4.78 is 7.39.